The van der Waals surface area contributed by atoms with E-state index < -0.39 is 17.6 Å². The summed E-state index contributed by atoms with van der Waals surface area (Å²) in [6.07, 6.45) is 1.34. The molecule has 144 valence electrons. The number of amides is 2. The second kappa shape index (κ2) is 7.62. The Hall–Kier alpha value is -3.29. The van der Waals surface area contributed by atoms with Crippen molar-refractivity contribution >= 4 is 52.5 Å². The Balaban J connectivity index is 1.67. The van der Waals surface area contributed by atoms with Crippen LogP contribution in [0, 0.1) is 5.82 Å². The highest BCUT2D eigenvalue weighted by molar-refractivity contribution is 7.80. The van der Waals surface area contributed by atoms with Crippen molar-refractivity contribution < 1.29 is 18.4 Å². The smallest absolute Gasteiger partial charge is 0.270 e. The summed E-state index contributed by atoms with van der Waals surface area (Å²) >= 11 is 11.1. The quantitative estimate of drug-likeness (QED) is 0.378. The minimum atomic E-state index is -0.640. The van der Waals surface area contributed by atoms with Gasteiger partial charge in [0.05, 0.1) is 5.69 Å². The number of hydrogen-bond donors (Lipinski definition) is 1. The molecular weight excluding hydrogens is 415 g/mol. The molecule has 2 heterocycles. The molecule has 0 saturated carbocycles. The minimum Gasteiger partial charge on any atom is -0.457 e. The third-order valence-electron chi connectivity index (χ3n) is 4.21. The number of thiocarbonyl (C=S) groups is 1. The van der Waals surface area contributed by atoms with Gasteiger partial charge in [-0.25, -0.2) is 4.39 Å². The van der Waals surface area contributed by atoms with Crippen molar-refractivity contribution in [1.29, 1.82) is 0 Å². The standard InChI is InChI=1S/C21H12ClFN2O3S/c22-13-3-1-2-12(10-13)18-9-8-16(28-18)11-17-19(26)24-21(29)25(20(17)27)15-6-4-14(23)5-7-15/h1-11H,(H,24,26,29)/b17-11-. The van der Waals surface area contributed by atoms with Gasteiger partial charge < -0.3 is 4.42 Å². The average Bonchev–Trinajstić information content (AvgIpc) is 3.15. The van der Waals surface area contributed by atoms with E-state index in [9.17, 15) is 14.0 Å². The van der Waals surface area contributed by atoms with Crippen LogP contribution in [0.2, 0.25) is 5.02 Å². The van der Waals surface area contributed by atoms with Crippen LogP contribution in [0.1, 0.15) is 5.76 Å². The average molecular weight is 427 g/mol. The van der Waals surface area contributed by atoms with Crippen molar-refractivity contribution in [2.45, 2.75) is 0 Å². The van der Waals surface area contributed by atoms with Gasteiger partial charge >= 0.3 is 0 Å². The second-order valence-corrected chi connectivity index (χ2v) is 6.97. The molecule has 5 nitrogen and oxygen atoms in total. The summed E-state index contributed by atoms with van der Waals surface area (Å²) in [5.41, 5.74) is 0.942. The van der Waals surface area contributed by atoms with E-state index in [1.54, 1.807) is 30.3 Å². The number of benzene rings is 2. The SMILES string of the molecule is O=C1NC(=S)N(c2ccc(F)cc2)C(=O)/C1=C\c1ccc(-c2cccc(Cl)c2)o1. The van der Waals surface area contributed by atoms with Gasteiger partial charge in [0, 0.05) is 10.6 Å². The molecule has 1 N–H and O–H groups in total. The summed E-state index contributed by atoms with van der Waals surface area (Å²) in [5.74, 6) is -0.877. The Morgan fingerprint density at radius 2 is 1.83 bits per heavy atom. The highest BCUT2D eigenvalue weighted by Gasteiger charge is 2.34. The summed E-state index contributed by atoms with van der Waals surface area (Å²) < 4.78 is 18.9. The number of carbonyl (C=O) groups excluding carboxylic acids is 2. The monoisotopic (exact) mass is 426 g/mol. The molecule has 3 aromatic rings. The molecule has 1 saturated heterocycles. The van der Waals surface area contributed by atoms with E-state index in [1.165, 1.54) is 30.3 Å². The molecule has 1 fully saturated rings. The van der Waals surface area contributed by atoms with Gasteiger partial charge in [0.25, 0.3) is 11.8 Å². The molecule has 1 aliphatic heterocycles. The second-order valence-electron chi connectivity index (χ2n) is 6.15. The topological polar surface area (TPSA) is 62.6 Å². The maximum atomic E-state index is 13.2. The Bertz CT molecular complexity index is 1170. The molecule has 0 bridgehead atoms. The van der Waals surface area contributed by atoms with Crippen molar-refractivity contribution in [2.24, 2.45) is 0 Å². The molecule has 0 atom stereocenters. The highest BCUT2D eigenvalue weighted by atomic mass is 35.5. The summed E-state index contributed by atoms with van der Waals surface area (Å²) in [6.45, 7) is 0. The minimum absolute atomic E-state index is 0.0807. The van der Waals surface area contributed by atoms with Crippen molar-refractivity contribution in [2.75, 3.05) is 4.90 Å². The van der Waals surface area contributed by atoms with Crippen LogP contribution < -0.4 is 10.2 Å². The van der Waals surface area contributed by atoms with Crippen molar-refractivity contribution in [3.05, 3.63) is 82.8 Å². The van der Waals surface area contributed by atoms with Gasteiger partial charge in [-0.2, -0.15) is 0 Å². The van der Waals surface area contributed by atoms with Gasteiger partial charge in [0.15, 0.2) is 5.11 Å². The van der Waals surface area contributed by atoms with Crippen LogP contribution in [0.4, 0.5) is 10.1 Å². The molecule has 1 aromatic heterocycles. The largest absolute Gasteiger partial charge is 0.457 e. The lowest BCUT2D eigenvalue weighted by atomic mass is 10.1. The number of nitrogens with one attached hydrogen (secondary N) is 1. The van der Waals surface area contributed by atoms with Gasteiger partial charge in [0.2, 0.25) is 0 Å². The molecule has 2 aromatic carbocycles. The zero-order valence-corrected chi connectivity index (χ0v) is 16.3. The summed E-state index contributed by atoms with van der Waals surface area (Å²) in [7, 11) is 0. The molecule has 0 aliphatic carbocycles. The number of nitrogens with zero attached hydrogens (tertiary/aromatic N) is 1. The molecule has 1 aliphatic rings. The van der Waals surface area contributed by atoms with Gasteiger partial charge in [0.1, 0.15) is 22.9 Å². The number of hydrogen-bond acceptors (Lipinski definition) is 4. The Kier molecular flexibility index (Phi) is 5.00. The number of anilines is 1. The van der Waals surface area contributed by atoms with Crippen LogP contribution in [0.15, 0.2) is 70.7 Å². The zero-order chi connectivity index (χ0) is 20.5. The number of rotatable bonds is 3. The molecule has 0 unspecified atom stereocenters. The van der Waals surface area contributed by atoms with E-state index in [0.717, 1.165) is 10.5 Å². The van der Waals surface area contributed by atoms with Crippen LogP contribution in [0.5, 0.6) is 0 Å². The fraction of sp³-hybridized carbons (Fsp3) is 0. The van der Waals surface area contributed by atoms with Gasteiger partial charge in [-0.05, 0) is 66.8 Å². The lowest BCUT2D eigenvalue weighted by Gasteiger charge is -2.28. The summed E-state index contributed by atoms with van der Waals surface area (Å²) in [5, 5.41) is 2.94. The fourth-order valence-corrected chi connectivity index (χ4v) is 3.32. The van der Waals surface area contributed by atoms with Crippen LogP contribution in [0.25, 0.3) is 17.4 Å². The number of furan rings is 1. The molecule has 8 heteroatoms. The molecule has 29 heavy (non-hydrogen) atoms. The molecule has 0 radical (unpaired) electrons. The van der Waals surface area contributed by atoms with Crippen LogP contribution in [0.3, 0.4) is 0 Å². The number of halogens is 2. The maximum Gasteiger partial charge on any atom is 0.270 e. The van der Waals surface area contributed by atoms with Crippen LogP contribution >= 0.6 is 23.8 Å². The van der Waals surface area contributed by atoms with E-state index >= 15 is 0 Å². The van der Waals surface area contributed by atoms with Crippen molar-refractivity contribution in [3.8, 4) is 11.3 Å². The Labute approximate surface area is 175 Å². The molecule has 2 amide bonds. The Morgan fingerprint density at radius 1 is 1.07 bits per heavy atom. The number of carbonyl (C=O) groups is 2. The summed E-state index contributed by atoms with van der Waals surface area (Å²) in [6, 6.07) is 15.7. The third kappa shape index (κ3) is 3.83. The van der Waals surface area contributed by atoms with E-state index in [0.29, 0.717) is 22.2 Å². The predicted molar refractivity (Wildman–Crippen MR) is 112 cm³/mol. The molecule has 4 rings (SSSR count). The highest BCUT2D eigenvalue weighted by Crippen LogP contribution is 2.27. The molecule has 0 spiro atoms. The first-order valence-electron chi connectivity index (χ1n) is 8.45. The first kappa shape index (κ1) is 19.0. The lowest BCUT2D eigenvalue weighted by molar-refractivity contribution is -0.122. The van der Waals surface area contributed by atoms with Crippen LogP contribution in [-0.4, -0.2) is 16.9 Å². The summed E-state index contributed by atoms with van der Waals surface area (Å²) in [4.78, 5) is 26.4. The Morgan fingerprint density at radius 3 is 2.55 bits per heavy atom. The van der Waals surface area contributed by atoms with E-state index in [4.69, 9.17) is 28.2 Å². The first-order valence-corrected chi connectivity index (χ1v) is 9.24. The zero-order valence-electron chi connectivity index (χ0n) is 14.7. The first-order chi connectivity index (χ1) is 13.9. The third-order valence-corrected chi connectivity index (χ3v) is 4.73. The van der Waals surface area contributed by atoms with Gasteiger partial charge in [-0.1, -0.05) is 23.7 Å². The van der Waals surface area contributed by atoms with E-state index in [1.807, 2.05) is 6.07 Å². The van der Waals surface area contributed by atoms with Gasteiger partial charge in [-0.15, -0.1) is 0 Å². The molecular formula is C21H12ClFN2O3S. The van der Waals surface area contributed by atoms with Gasteiger partial charge in [-0.3, -0.25) is 19.8 Å². The predicted octanol–water partition coefficient (Wildman–Crippen LogP) is 4.57. The fourth-order valence-electron chi connectivity index (χ4n) is 2.85. The van der Waals surface area contributed by atoms with Crippen LogP contribution in [-0.2, 0) is 9.59 Å². The lowest BCUT2D eigenvalue weighted by Crippen LogP contribution is -2.54. The normalized spacial score (nSPS) is 15.7. The van der Waals surface area contributed by atoms with Crippen molar-refractivity contribution in [1.82, 2.24) is 5.32 Å². The van der Waals surface area contributed by atoms with Crippen molar-refractivity contribution in [3.63, 3.8) is 0 Å². The van der Waals surface area contributed by atoms with E-state index in [2.05, 4.69) is 5.32 Å². The van der Waals surface area contributed by atoms with E-state index in [-0.39, 0.29) is 10.7 Å². The maximum absolute atomic E-state index is 13.2.